The highest BCUT2D eigenvalue weighted by molar-refractivity contribution is 5.85. The molecular weight excluding hydrogens is 346 g/mol. The van der Waals surface area contributed by atoms with Crippen molar-refractivity contribution in [3.63, 3.8) is 0 Å². The van der Waals surface area contributed by atoms with Crippen molar-refractivity contribution in [2.24, 2.45) is 11.7 Å². The molecule has 6 heteroatoms. The molecule has 0 heterocycles. The first-order valence-corrected chi connectivity index (χ1v) is 7.80. The molecule has 0 aliphatic carbocycles. The Labute approximate surface area is 153 Å². The van der Waals surface area contributed by atoms with Crippen LogP contribution in [0.5, 0.6) is 0 Å². The van der Waals surface area contributed by atoms with Crippen LogP contribution in [-0.4, -0.2) is 5.91 Å². The fourth-order valence-electron chi connectivity index (χ4n) is 2.51. The number of carbonyl (C=O) groups excluding carboxylic acids is 1. The molecule has 25 heavy (non-hydrogen) atoms. The third-order valence-electron chi connectivity index (χ3n) is 4.21. The fourth-order valence-corrected chi connectivity index (χ4v) is 2.51. The summed E-state index contributed by atoms with van der Waals surface area (Å²) in [5.74, 6) is -2.58. The summed E-state index contributed by atoms with van der Waals surface area (Å²) in [5.41, 5.74) is 6.67. The second-order valence-electron chi connectivity index (χ2n) is 6.47. The zero-order valence-corrected chi connectivity index (χ0v) is 15.2. The maximum absolute atomic E-state index is 13.4. The summed E-state index contributed by atoms with van der Waals surface area (Å²) in [5, 5.41) is 2.86. The van der Waals surface area contributed by atoms with Crippen molar-refractivity contribution in [1.82, 2.24) is 5.32 Å². The van der Waals surface area contributed by atoms with E-state index >= 15 is 0 Å². The summed E-state index contributed by atoms with van der Waals surface area (Å²) in [4.78, 5) is 12.5. The van der Waals surface area contributed by atoms with Crippen LogP contribution in [-0.2, 0) is 10.3 Å². The number of halogens is 3. The Morgan fingerprint density at radius 3 is 2.24 bits per heavy atom. The van der Waals surface area contributed by atoms with Gasteiger partial charge in [0.2, 0.25) is 5.91 Å². The minimum absolute atomic E-state index is 0. The molecule has 2 atom stereocenters. The van der Waals surface area contributed by atoms with Gasteiger partial charge in [-0.2, -0.15) is 0 Å². The van der Waals surface area contributed by atoms with E-state index in [-0.39, 0.29) is 18.3 Å². The van der Waals surface area contributed by atoms with Crippen LogP contribution >= 0.6 is 12.4 Å². The molecule has 0 saturated heterocycles. The number of benzene rings is 2. The highest BCUT2D eigenvalue weighted by Gasteiger charge is 2.29. The quantitative estimate of drug-likeness (QED) is 0.835. The summed E-state index contributed by atoms with van der Waals surface area (Å²) < 4.78 is 26.5. The first-order chi connectivity index (χ1) is 11.2. The second-order valence-corrected chi connectivity index (χ2v) is 6.47. The molecule has 2 rings (SSSR count). The van der Waals surface area contributed by atoms with Gasteiger partial charge in [0.15, 0.2) is 11.6 Å². The number of rotatable bonds is 5. The molecule has 0 saturated carbocycles. The molecule has 2 aromatic rings. The molecule has 0 spiro atoms. The number of nitrogens with one attached hydrogen (secondary N) is 1. The highest BCUT2D eigenvalue weighted by atomic mass is 35.5. The summed E-state index contributed by atoms with van der Waals surface area (Å²) in [7, 11) is 0. The summed E-state index contributed by atoms with van der Waals surface area (Å²) >= 11 is 0. The second kappa shape index (κ2) is 8.41. The molecule has 3 N–H and O–H groups in total. The lowest BCUT2D eigenvalue weighted by Crippen LogP contribution is -2.45. The Morgan fingerprint density at radius 1 is 1.08 bits per heavy atom. The number of carbonyl (C=O) groups is 1. The molecule has 2 aromatic carbocycles. The first kappa shape index (κ1) is 21.1. The minimum Gasteiger partial charge on any atom is -0.347 e. The predicted octanol–water partition coefficient (Wildman–Crippen LogP) is 4.07. The van der Waals surface area contributed by atoms with Gasteiger partial charge in [0.1, 0.15) is 0 Å². The molecule has 0 radical (unpaired) electrons. The van der Waals surface area contributed by atoms with Crippen molar-refractivity contribution in [3.05, 3.63) is 71.3 Å². The molecule has 0 bridgehead atoms. The van der Waals surface area contributed by atoms with Gasteiger partial charge >= 0.3 is 0 Å². The fraction of sp³-hybridized carbons (Fsp3) is 0.316. The van der Waals surface area contributed by atoms with Crippen molar-refractivity contribution < 1.29 is 13.6 Å². The number of hydrogen-bond acceptors (Lipinski definition) is 2. The number of amides is 1. The Kier molecular flexibility index (Phi) is 7.08. The van der Waals surface area contributed by atoms with Crippen LogP contribution in [0.2, 0.25) is 0 Å². The molecule has 0 aliphatic heterocycles. The van der Waals surface area contributed by atoms with Crippen LogP contribution in [0.1, 0.15) is 37.9 Å². The van der Waals surface area contributed by atoms with Gasteiger partial charge < -0.3 is 11.1 Å². The van der Waals surface area contributed by atoms with Crippen LogP contribution in [0.3, 0.4) is 0 Å². The molecule has 136 valence electrons. The lowest BCUT2D eigenvalue weighted by molar-refractivity contribution is -0.126. The third kappa shape index (κ3) is 5.00. The maximum atomic E-state index is 13.4. The SMILES string of the molecule is CC(C(=O)NC(C)(C)c1ccc(F)c(F)c1)C(N)c1ccccc1.Cl. The summed E-state index contributed by atoms with van der Waals surface area (Å²) in [6.45, 7) is 5.21. The van der Waals surface area contributed by atoms with Crippen molar-refractivity contribution >= 4 is 18.3 Å². The Morgan fingerprint density at radius 2 is 1.68 bits per heavy atom. The zero-order valence-electron chi connectivity index (χ0n) is 14.4. The average Bonchev–Trinajstić information content (AvgIpc) is 2.56. The van der Waals surface area contributed by atoms with E-state index < -0.39 is 29.1 Å². The molecule has 1 amide bonds. The van der Waals surface area contributed by atoms with E-state index in [1.165, 1.54) is 6.07 Å². The van der Waals surface area contributed by atoms with Crippen LogP contribution in [0.25, 0.3) is 0 Å². The van der Waals surface area contributed by atoms with Gasteiger partial charge in [-0.25, -0.2) is 8.78 Å². The Balaban J connectivity index is 0.00000312. The third-order valence-corrected chi connectivity index (χ3v) is 4.21. The van der Waals surface area contributed by atoms with Crippen molar-refractivity contribution in [2.45, 2.75) is 32.4 Å². The van der Waals surface area contributed by atoms with Gasteiger partial charge in [0.05, 0.1) is 11.5 Å². The zero-order chi connectivity index (χ0) is 17.9. The minimum atomic E-state index is -0.941. The van der Waals surface area contributed by atoms with E-state index in [1.54, 1.807) is 20.8 Å². The number of nitrogens with two attached hydrogens (primary N) is 1. The maximum Gasteiger partial charge on any atom is 0.225 e. The Hall–Kier alpha value is -1.98. The van der Waals surface area contributed by atoms with Crippen LogP contribution < -0.4 is 11.1 Å². The van der Waals surface area contributed by atoms with Crippen LogP contribution in [0.15, 0.2) is 48.5 Å². The average molecular weight is 369 g/mol. The normalized spacial score (nSPS) is 13.5. The van der Waals surface area contributed by atoms with E-state index in [2.05, 4.69) is 5.32 Å². The van der Waals surface area contributed by atoms with Gasteiger partial charge in [-0.3, -0.25) is 4.79 Å². The predicted molar refractivity (Wildman–Crippen MR) is 97.3 cm³/mol. The lowest BCUT2D eigenvalue weighted by atomic mass is 9.90. The first-order valence-electron chi connectivity index (χ1n) is 7.80. The standard InChI is InChI=1S/C19H22F2N2O.ClH/c1-12(17(22)13-7-5-4-6-8-13)18(24)23-19(2,3)14-9-10-15(20)16(21)11-14;/h4-12,17H,22H2,1-3H3,(H,23,24);1H. The van der Waals surface area contributed by atoms with E-state index in [4.69, 9.17) is 5.73 Å². The van der Waals surface area contributed by atoms with Crippen LogP contribution in [0.4, 0.5) is 8.78 Å². The molecule has 0 fully saturated rings. The van der Waals surface area contributed by atoms with Gasteiger partial charge in [-0.05, 0) is 37.1 Å². The molecule has 2 unspecified atom stereocenters. The molecule has 0 aliphatic rings. The highest BCUT2D eigenvalue weighted by Crippen LogP contribution is 2.25. The van der Waals surface area contributed by atoms with Crippen molar-refractivity contribution in [2.75, 3.05) is 0 Å². The van der Waals surface area contributed by atoms with Crippen LogP contribution in [0, 0.1) is 17.6 Å². The van der Waals surface area contributed by atoms with Gasteiger partial charge in [0, 0.05) is 6.04 Å². The summed E-state index contributed by atoms with van der Waals surface area (Å²) in [6, 6.07) is 12.5. The largest absolute Gasteiger partial charge is 0.347 e. The molecule has 3 nitrogen and oxygen atoms in total. The smallest absolute Gasteiger partial charge is 0.225 e. The van der Waals surface area contributed by atoms with Crippen molar-refractivity contribution in [3.8, 4) is 0 Å². The number of hydrogen-bond donors (Lipinski definition) is 2. The molecular formula is C19H23ClF2N2O. The lowest BCUT2D eigenvalue weighted by Gasteiger charge is -2.30. The molecule has 0 aromatic heterocycles. The van der Waals surface area contributed by atoms with Gasteiger partial charge in [-0.1, -0.05) is 43.3 Å². The monoisotopic (exact) mass is 368 g/mol. The van der Waals surface area contributed by atoms with E-state index in [1.807, 2.05) is 30.3 Å². The topological polar surface area (TPSA) is 55.1 Å². The Bertz CT molecular complexity index is 723. The van der Waals surface area contributed by atoms with Crippen molar-refractivity contribution in [1.29, 1.82) is 0 Å². The van der Waals surface area contributed by atoms with E-state index in [0.717, 1.165) is 17.7 Å². The van der Waals surface area contributed by atoms with Gasteiger partial charge in [0.25, 0.3) is 0 Å². The summed E-state index contributed by atoms with van der Waals surface area (Å²) in [6.07, 6.45) is 0. The van der Waals surface area contributed by atoms with E-state index in [9.17, 15) is 13.6 Å². The van der Waals surface area contributed by atoms with Gasteiger partial charge in [-0.15, -0.1) is 12.4 Å². The van der Waals surface area contributed by atoms with E-state index in [0.29, 0.717) is 5.56 Å².